The maximum Gasteiger partial charge on any atom is 0.328 e. The van der Waals surface area contributed by atoms with Gasteiger partial charge in [-0.15, -0.1) is 0 Å². The van der Waals surface area contributed by atoms with Gasteiger partial charge in [0.15, 0.2) is 0 Å². The molecule has 0 bridgehead atoms. The minimum Gasteiger partial charge on any atom is -0.314 e. The monoisotopic (exact) mass is 265 g/mol. The molecule has 1 atom stereocenters. The van der Waals surface area contributed by atoms with E-state index in [0.29, 0.717) is 12.1 Å². The van der Waals surface area contributed by atoms with Gasteiger partial charge >= 0.3 is 5.69 Å². The van der Waals surface area contributed by atoms with Crippen LogP contribution < -0.4 is 11.0 Å². The number of nitrogens with zero attached hydrogens (tertiary/aromatic N) is 2. The molecular formula is C15H27N3O. The van der Waals surface area contributed by atoms with Gasteiger partial charge in [0.05, 0.1) is 0 Å². The largest absolute Gasteiger partial charge is 0.328 e. The van der Waals surface area contributed by atoms with Gasteiger partial charge in [-0.05, 0) is 45.6 Å². The highest BCUT2D eigenvalue weighted by Crippen LogP contribution is 2.33. The highest BCUT2D eigenvalue weighted by molar-refractivity contribution is 4.91. The van der Waals surface area contributed by atoms with Crippen molar-refractivity contribution in [2.45, 2.75) is 71.0 Å². The molecule has 1 aliphatic carbocycles. The Morgan fingerprint density at radius 3 is 2.84 bits per heavy atom. The average Bonchev–Trinajstić information content (AvgIpc) is 3.18. The van der Waals surface area contributed by atoms with Gasteiger partial charge < -0.3 is 5.32 Å². The summed E-state index contributed by atoms with van der Waals surface area (Å²) in [6.07, 6.45) is 10.9. The summed E-state index contributed by atoms with van der Waals surface area (Å²) in [6, 6.07) is 1.08. The molecule has 0 aromatic carbocycles. The lowest BCUT2D eigenvalue weighted by Gasteiger charge is -2.12. The minimum atomic E-state index is 0.180. The Balaban J connectivity index is 1.67. The number of aromatic nitrogens is 2. The van der Waals surface area contributed by atoms with Crippen LogP contribution in [0.5, 0.6) is 0 Å². The van der Waals surface area contributed by atoms with E-state index in [2.05, 4.69) is 19.2 Å². The molecule has 1 aromatic heterocycles. The van der Waals surface area contributed by atoms with E-state index in [0.717, 1.165) is 19.5 Å². The van der Waals surface area contributed by atoms with E-state index in [1.54, 1.807) is 0 Å². The predicted octanol–water partition coefficient (Wildman–Crippen LogP) is 2.54. The van der Waals surface area contributed by atoms with Gasteiger partial charge in [-0.3, -0.25) is 9.13 Å². The summed E-state index contributed by atoms with van der Waals surface area (Å²) in [5.41, 5.74) is 0.180. The van der Waals surface area contributed by atoms with Crippen LogP contribution >= 0.6 is 0 Å². The number of rotatable bonds is 9. The molecule has 4 heteroatoms. The van der Waals surface area contributed by atoms with Crippen molar-refractivity contribution in [3.05, 3.63) is 22.9 Å². The molecule has 1 unspecified atom stereocenters. The van der Waals surface area contributed by atoms with E-state index in [9.17, 15) is 4.79 Å². The average molecular weight is 265 g/mol. The van der Waals surface area contributed by atoms with Crippen LogP contribution in [0.1, 0.15) is 58.4 Å². The van der Waals surface area contributed by atoms with Crippen molar-refractivity contribution >= 4 is 0 Å². The Labute approximate surface area is 115 Å². The standard InChI is InChI=1S/C15H27N3O/c1-3-9-16-13(2)6-4-5-10-17-11-12-18(15(17)19)14-7-8-14/h11-14,16H,3-10H2,1-2H3. The molecule has 108 valence electrons. The molecule has 1 N–H and O–H groups in total. The van der Waals surface area contributed by atoms with Crippen molar-refractivity contribution in [1.82, 2.24) is 14.5 Å². The third-order valence-electron chi connectivity index (χ3n) is 3.84. The molecule has 0 radical (unpaired) electrons. The lowest BCUT2D eigenvalue weighted by molar-refractivity contribution is 0.472. The number of nitrogens with one attached hydrogen (secondary N) is 1. The summed E-state index contributed by atoms with van der Waals surface area (Å²) in [4.78, 5) is 12.0. The fourth-order valence-electron chi connectivity index (χ4n) is 2.45. The lowest BCUT2D eigenvalue weighted by atomic mass is 10.1. The fourth-order valence-corrected chi connectivity index (χ4v) is 2.45. The van der Waals surface area contributed by atoms with Gasteiger partial charge in [0.25, 0.3) is 0 Å². The van der Waals surface area contributed by atoms with Crippen LogP contribution in [-0.4, -0.2) is 21.7 Å². The third kappa shape index (κ3) is 4.23. The third-order valence-corrected chi connectivity index (χ3v) is 3.84. The molecule has 1 saturated carbocycles. The van der Waals surface area contributed by atoms with Crippen LogP contribution in [0, 0.1) is 0 Å². The van der Waals surface area contributed by atoms with Gasteiger partial charge in [0, 0.05) is 31.0 Å². The Morgan fingerprint density at radius 1 is 1.37 bits per heavy atom. The molecule has 0 amide bonds. The van der Waals surface area contributed by atoms with Gasteiger partial charge in [-0.1, -0.05) is 13.3 Å². The minimum absolute atomic E-state index is 0.180. The predicted molar refractivity (Wildman–Crippen MR) is 78.6 cm³/mol. The first-order chi connectivity index (χ1) is 9.22. The van der Waals surface area contributed by atoms with Crippen molar-refractivity contribution in [3.8, 4) is 0 Å². The molecule has 1 aliphatic rings. The number of hydrogen-bond donors (Lipinski definition) is 1. The topological polar surface area (TPSA) is 39.0 Å². The van der Waals surface area contributed by atoms with Crippen molar-refractivity contribution in [1.29, 1.82) is 0 Å². The molecule has 1 aromatic rings. The first-order valence-corrected chi connectivity index (χ1v) is 7.73. The van der Waals surface area contributed by atoms with E-state index in [1.807, 2.05) is 21.5 Å². The van der Waals surface area contributed by atoms with E-state index in [1.165, 1.54) is 32.1 Å². The van der Waals surface area contributed by atoms with E-state index < -0.39 is 0 Å². The molecule has 0 aliphatic heterocycles. The molecule has 2 rings (SSSR count). The number of imidazole rings is 1. The first kappa shape index (κ1) is 14.4. The van der Waals surface area contributed by atoms with Crippen LogP contribution in [0.4, 0.5) is 0 Å². The molecule has 1 heterocycles. The zero-order chi connectivity index (χ0) is 13.7. The lowest BCUT2D eigenvalue weighted by Crippen LogP contribution is -2.27. The summed E-state index contributed by atoms with van der Waals surface area (Å²) in [5.74, 6) is 0. The molecule has 0 spiro atoms. The van der Waals surface area contributed by atoms with Crippen LogP contribution in [-0.2, 0) is 6.54 Å². The molecule has 19 heavy (non-hydrogen) atoms. The summed E-state index contributed by atoms with van der Waals surface area (Å²) >= 11 is 0. The summed E-state index contributed by atoms with van der Waals surface area (Å²) in [7, 11) is 0. The normalized spacial score (nSPS) is 16.7. The molecule has 4 nitrogen and oxygen atoms in total. The second-order valence-corrected chi connectivity index (χ2v) is 5.76. The van der Waals surface area contributed by atoms with Crippen LogP contribution in [0.15, 0.2) is 17.2 Å². The van der Waals surface area contributed by atoms with E-state index >= 15 is 0 Å². The van der Waals surface area contributed by atoms with Gasteiger partial charge in [0.1, 0.15) is 0 Å². The Bertz CT molecular complexity index is 431. The number of unbranched alkanes of at least 4 members (excludes halogenated alkanes) is 1. The SMILES string of the molecule is CCCNC(C)CCCCn1ccn(C2CC2)c1=O. The Kier molecular flexibility index (Phi) is 5.25. The molecular weight excluding hydrogens is 238 g/mol. The Hall–Kier alpha value is -1.03. The van der Waals surface area contributed by atoms with Crippen LogP contribution in [0.2, 0.25) is 0 Å². The molecule has 0 saturated heterocycles. The van der Waals surface area contributed by atoms with Crippen molar-refractivity contribution in [2.24, 2.45) is 0 Å². The molecule has 1 fully saturated rings. The van der Waals surface area contributed by atoms with Gasteiger partial charge in [-0.2, -0.15) is 0 Å². The Morgan fingerprint density at radius 2 is 2.16 bits per heavy atom. The van der Waals surface area contributed by atoms with Crippen molar-refractivity contribution < 1.29 is 0 Å². The van der Waals surface area contributed by atoms with Gasteiger partial charge in [0.2, 0.25) is 0 Å². The highest BCUT2D eigenvalue weighted by atomic mass is 16.1. The summed E-state index contributed by atoms with van der Waals surface area (Å²) in [5, 5.41) is 3.50. The highest BCUT2D eigenvalue weighted by Gasteiger charge is 2.25. The number of aryl methyl sites for hydroxylation is 1. The van der Waals surface area contributed by atoms with Gasteiger partial charge in [-0.25, -0.2) is 4.79 Å². The second kappa shape index (κ2) is 6.94. The quantitative estimate of drug-likeness (QED) is 0.697. The first-order valence-electron chi connectivity index (χ1n) is 7.73. The van der Waals surface area contributed by atoms with Crippen LogP contribution in [0.3, 0.4) is 0 Å². The summed E-state index contributed by atoms with van der Waals surface area (Å²) in [6.45, 7) is 6.39. The maximum atomic E-state index is 12.0. The summed E-state index contributed by atoms with van der Waals surface area (Å²) < 4.78 is 3.76. The zero-order valence-corrected chi connectivity index (χ0v) is 12.3. The zero-order valence-electron chi connectivity index (χ0n) is 12.3. The smallest absolute Gasteiger partial charge is 0.314 e. The van der Waals surface area contributed by atoms with E-state index in [-0.39, 0.29) is 5.69 Å². The number of hydrogen-bond acceptors (Lipinski definition) is 2. The van der Waals surface area contributed by atoms with Crippen molar-refractivity contribution in [3.63, 3.8) is 0 Å². The maximum absolute atomic E-state index is 12.0. The fraction of sp³-hybridized carbons (Fsp3) is 0.800. The van der Waals surface area contributed by atoms with Crippen molar-refractivity contribution in [2.75, 3.05) is 6.54 Å². The van der Waals surface area contributed by atoms with E-state index in [4.69, 9.17) is 0 Å². The second-order valence-electron chi connectivity index (χ2n) is 5.76. The van der Waals surface area contributed by atoms with Crippen LogP contribution in [0.25, 0.3) is 0 Å².